The lowest BCUT2D eigenvalue weighted by Gasteiger charge is -2.41. The van der Waals surface area contributed by atoms with Gasteiger partial charge in [-0.2, -0.15) is 0 Å². The molecule has 2 bridgehead atoms. The van der Waals surface area contributed by atoms with Crippen LogP contribution in [0.2, 0.25) is 0 Å². The van der Waals surface area contributed by atoms with Crippen molar-refractivity contribution in [2.45, 2.75) is 25.7 Å². The molecule has 1 N–H and O–H groups in total. The van der Waals surface area contributed by atoms with Crippen LogP contribution in [-0.2, 0) is 4.79 Å². The summed E-state index contributed by atoms with van der Waals surface area (Å²) in [6.45, 7) is 1.89. The largest absolute Gasteiger partial charge is 0.341 e. The number of rotatable bonds is 2. The second-order valence-corrected chi connectivity index (χ2v) is 5.75. The van der Waals surface area contributed by atoms with Crippen LogP contribution in [0.15, 0.2) is 0 Å². The maximum Gasteiger partial charge on any atom is 0.317 e. The molecule has 2 unspecified atom stereocenters. The van der Waals surface area contributed by atoms with E-state index in [0.29, 0.717) is 11.8 Å². The molecule has 1 saturated heterocycles. The third-order valence-electron chi connectivity index (χ3n) is 4.00. The molecule has 1 heterocycles. The minimum absolute atomic E-state index is 0.0572. The molecule has 1 aliphatic carbocycles. The Labute approximate surface area is 108 Å². The summed E-state index contributed by atoms with van der Waals surface area (Å²) in [4.78, 5) is 26.8. The fraction of sp³-hybridized carbons (Fsp3) is 0.846. The normalized spacial score (nSPS) is 26.7. The minimum atomic E-state index is -0.208. The molecule has 2 aliphatic rings. The summed E-state index contributed by atoms with van der Waals surface area (Å²) in [5.41, 5.74) is 0. The molecule has 18 heavy (non-hydrogen) atoms. The number of carbonyl (C=O) groups excluding carboxylic acids is 2. The molecule has 102 valence electrons. The van der Waals surface area contributed by atoms with Gasteiger partial charge in [-0.1, -0.05) is 6.42 Å². The van der Waals surface area contributed by atoms with Crippen molar-refractivity contribution < 1.29 is 9.59 Å². The summed E-state index contributed by atoms with van der Waals surface area (Å²) in [7, 11) is 3.34. The smallest absolute Gasteiger partial charge is 0.317 e. The first-order chi connectivity index (χ1) is 8.56. The number of hydrogen-bond acceptors (Lipinski definition) is 2. The first-order valence-corrected chi connectivity index (χ1v) is 6.79. The predicted octanol–water partition coefficient (Wildman–Crippen LogP) is 0.906. The molecule has 2 rings (SSSR count). The fourth-order valence-electron chi connectivity index (χ4n) is 3.06. The average molecular weight is 253 g/mol. The molecule has 0 aromatic heterocycles. The standard InChI is InChI=1S/C13H23N3O2/c1-15(2)13(18)14-7-12(17)16-8-10-4-3-5-11(6-10)9-16/h10-11H,3-9H2,1-2H3,(H,14,18). The highest BCUT2D eigenvalue weighted by Gasteiger charge is 2.32. The molecule has 2 fully saturated rings. The number of carbonyl (C=O) groups is 2. The van der Waals surface area contributed by atoms with E-state index in [9.17, 15) is 9.59 Å². The Morgan fingerprint density at radius 1 is 1.22 bits per heavy atom. The fourth-order valence-corrected chi connectivity index (χ4v) is 3.06. The van der Waals surface area contributed by atoms with Gasteiger partial charge in [-0.3, -0.25) is 4.79 Å². The Morgan fingerprint density at radius 3 is 2.39 bits per heavy atom. The first-order valence-electron chi connectivity index (χ1n) is 6.79. The van der Waals surface area contributed by atoms with Crippen LogP contribution < -0.4 is 5.32 Å². The van der Waals surface area contributed by atoms with Gasteiger partial charge in [0.05, 0.1) is 6.54 Å². The predicted molar refractivity (Wildman–Crippen MR) is 69.1 cm³/mol. The maximum atomic E-state index is 12.0. The molecule has 1 aliphatic heterocycles. The summed E-state index contributed by atoms with van der Waals surface area (Å²) in [5.74, 6) is 1.43. The Morgan fingerprint density at radius 2 is 1.83 bits per heavy atom. The van der Waals surface area contributed by atoms with Crippen molar-refractivity contribution >= 4 is 11.9 Å². The van der Waals surface area contributed by atoms with E-state index in [1.807, 2.05) is 4.90 Å². The molecule has 0 spiro atoms. The Balaban J connectivity index is 1.80. The van der Waals surface area contributed by atoms with Gasteiger partial charge >= 0.3 is 6.03 Å². The molecule has 2 atom stereocenters. The van der Waals surface area contributed by atoms with E-state index in [-0.39, 0.29) is 18.5 Å². The van der Waals surface area contributed by atoms with Crippen molar-refractivity contribution in [2.75, 3.05) is 33.7 Å². The lowest BCUT2D eigenvalue weighted by Crippen LogP contribution is -2.49. The average Bonchev–Trinajstić information content (AvgIpc) is 2.34. The second kappa shape index (κ2) is 5.59. The quantitative estimate of drug-likeness (QED) is 0.795. The zero-order valence-electron chi connectivity index (χ0n) is 11.3. The third-order valence-corrected chi connectivity index (χ3v) is 4.00. The van der Waals surface area contributed by atoms with E-state index in [2.05, 4.69) is 5.32 Å². The van der Waals surface area contributed by atoms with Gasteiger partial charge in [0.15, 0.2) is 0 Å². The molecule has 1 saturated carbocycles. The number of amides is 3. The zero-order valence-corrected chi connectivity index (χ0v) is 11.3. The van der Waals surface area contributed by atoms with Gasteiger partial charge in [-0.25, -0.2) is 4.79 Å². The summed E-state index contributed by atoms with van der Waals surface area (Å²) in [6, 6.07) is -0.208. The van der Waals surface area contributed by atoms with Crippen LogP contribution in [-0.4, -0.2) is 55.5 Å². The topological polar surface area (TPSA) is 52.7 Å². The van der Waals surface area contributed by atoms with E-state index in [4.69, 9.17) is 0 Å². The van der Waals surface area contributed by atoms with Gasteiger partial charge < -0.3 is 15.1 Å². The lowest BCUT2D eigenvalue weighted by atomic mass is 9.78. The first kappa shape index (κ1) is 13.2. The number of piperidine rings is 1. The summed E-state index contributed by atoms with van der Waals surface area (Å²) in [6.07, 6.45) is 5.11. The van der Waals surface area contributed by atoms with Gasteiger partial charge in [0, 0.05) is 27.2 Å². The Kier molecular flexibility index (Phi) is 4.09. The van der Waals surface area contributed by atoms with Crippen LogP contribution in [0.5, 0.6) is 0 Å². The Hall–Kier alpha value is -1.26. The molecule has 0 aromatic rings. The maximum absolute atomic E-state index is 12.0. The minimum Gasteiger partial charge on any atom is -0.341 e. The molecule has 3 amide bonds. The molecule has 0 aromatic carbocycles. The van der Waals surface area contributed by atoms with Crippen molar-refractivity contribution in [3.63, 3.8) is 0 Å². The number of likely N-dealkylation sites (tertiary alicyclic amines) is 1. The zero-order chi connectivity index (χ0) is 13.1. The number of nitrogens with one attached hydrogen (secondary N) is 1. The van der Waals surface area contributed by atoms with Crippen LogP contribution >= 0.6 is 0 Å². The summed E-state index contributed by atoms with van der Waals surface area (Å²) >= 11 is 0. The molecular formula is C13H23N3O2. The van der Waals surface area contributed by atoms with Crippen LogP contribution in [0.3, 0.4) is 0 Å². The van der Waals surface area contributed by atoms with Gasteiger partial charge in [0.2, 0.25) is 5.91 Å². The van der Waals surface area contributed by atoms with E-state index >= 15 is 0 Å². The van der Waals surface area contributed by atoms with Crippen molar-refractivity contribution in [1.82, 2.24) is 15.1 Å². The van der Waals surface area contributed by atoms with Crippen LogP contribution in [0.1, 0.15) is 25.7 Å². The van der Waals surface area contributed by atoms with Gasteiger partial charge in [-0.15, -0.1) is 0 Å². The summed E-state index contributed by atoms with van der Waals surface area (Å²) < 4.78 is 0. The second-order valence-electron chi connectivity index (χ2n) is 5.75. The number of hydrogen-bond donors (Lipinski definition) is 1. The van der Waals surface area contributed by atoms with Crippen molar-refractivity contribution in [1.29, 1.82) is 0 Å². The van der Waals surface area contributed by atoms with Gasteiger partial charge in [0.25, 0.3) is 0 Å². The molecule has 5 heteroatoms. The van der Waals surface area contributed by atoms with E-state index in [1.165, 1.54) is 30.6 Å². The third kappa shape index (κ3) is 3.15. The van der Waals surface area contributed by atoms with Crippen molar-refractivity contribution in [3.05, 3.63) is 0 Å². The highest BCUT2D eigenvalue weighted by molar-refractivity contribution is 5.83. The van der Waals surface area contributed by atoms with Crippen LogP contribution in [0, 0.1) is 11.8 Å². The van der Waals surface area contributed by atoms with E-state index < -0.39 is 0 Å². The highest BCUT2D eigenvalue weighted by atomic mass is 16.2. The highest BCUT2D eigenvalue weighted by Crippen LogP contribution is 2.34. The van der Waals surface area contributed by atoms with Crippen molar-refractivity contribution in [2.24, 2.45) is 11.8 Å². The van der Waals surface area contributed by atoms with E-state index in [0.717, 1.165) is 13.1 Å². The van der Waals surface area contributed by atoms with Crippen LogP contribution in [0.4, 0.5) is 4.79 Å². The van der Waals surface area contributed by atoms with Gasteiger partial charge in [-0.05, 0) is 31.1 Å². The Bertz CT molecular complexity index is 318. The van der Waals surface area contributed by atoms with Crippen molar-refractivity contribution in [3.8, 4) is 0 Å². The summed E-state index contributed by atoms with van der Waals surface area (Å²) in [5, 5.41) is 2.64. The van der Waals surface area contributed by atoms with Crippen LogP contribution in [0.25, 0.3) is 0 Å². The number of nitrogens with zero attached hydrogens (tertiary/aromatic N) is 2. The van der Waals surface area contributed by atoms with E-state index in [1.54, 1.807) is 14.1 Å². The monoisotopic (exact) mass is 253 g/mol. The number of urea groups is 1. The molecule has 0 radical (unpaired) electrons. The molecular weight excluding hydrogens is 230 g/mol. The van der Waals surface area contributed by atoms with Gasteiger partial charge in [0.1, 0.15) is 0 Å². The molecule has 5 nitrogen and oxygen atoms in total. The lowest BCUT2D eigenvalue weighted by molar-refractivity contribution is -0.133. The SMILES string of the molecule is CN(C)C(=O)NCC(=O)N1CC2CCCC(C2)C1. The number of fused-ring (bicyclic) bond motifs is 2.